The van der Waals surface area contributed by atoms with Crippen molar-refractivity contribution >= 4 is 0 Å². The minimum atomic E-state index is 0.215. The molecular weight excluding hydrogens is 152 g/mol. The van der Waals surface area contributed by atoms with Crippen LogP contribution in [0.2, 0.25) is 0 Å². The third-order valence-corrected chi connectivity index (χ3v) is 1.31. The van der Waals surface area contributed by atoms with E-state index >= 15 is 0 Å². The fourth-order valence-electron chi connectivity index (χ4n) is 0.566. The van der Waals surface area contributed by atoms with E-state index < -0.39 is 0 Å². The van der Waals surface area contributed by atoms with Crippen LogP contribution in [-0.2, 0) is 9.47 Å². The molecule has 0 unspecified atom stereocenters. The zero-order valence-electron chi connectivity index (χ0n) is 8.81. The van der Waals surface area contributed by atoms with Crippen LogP contribution in [0.4, 0.5) is 0 Å². The maximum absolute atomic E-state index is 5.31. The Hall–Kier alpha value is -0.500. The standard InChI is InChI=1S/C10H20O2/c1-6-9(2)12-8-11-7-10(3,4)5/h6H,7-8H2,1-5H3/b9-6-. The van der Waals surface area contributed by atoms with E-state index in [1.54, 1.807) is 0 Å². The summed E-state index contributed by atoms with van der Waals surface area (Å²) in [4.78, 5) is 0. The fraction of sp³-hybridized carbons (Fsp3) is 0.800. The summed E-state index contributed by atoms with van der Waals surface area (Å²) < 4.78 is 10.5. The van der Waals surface area contributed by atoms with Crippen molar-refractivity contribution in [1.29, 1.82) is 0 Å². The van der Waals surface area contributed by atoms with Crippen molar-refractivity contribution in [3.63, 3.8) is 0 Å². The van der Waals surface area contributed by atoms with Crippen molar-refractivity contribution in [3.05, 3.63) is 11.8 Å². The third-order valence-electron chi connectivity index (χ3n) is 1.31. The maximum atomic E-state index is 5.31. The van der Waals surface area contributed by atoms with Gasteiger partial charge in [-0.1, -0.05) is 20.8 Å². The number of hydrogen-bond donors (Lipinski definition) is 0. The highest BCUT2D eigenvalue weighted by molar-refractivity contribution is 4.83. The molecule has 0 aromatic rings. The van der Waals surface area contributed by atoms with Gasteiger partial charge in [0, 0.05) is 0 Å². The van der Waals surface area contributed by atoms with Gasteiger partial charge in [-0.25, -0.2) is 0 Å². The van der Waals surface area contributed by atoms with Crippen molar-refractivity contribution in [2.45, 2.75) is 34.6 Å². The molecule has 12 heavy (non-hydrogen) atoms. The molecular formula is C10H20O2. The van der Waals surface area contributed by atoms with Crippen LogP contribution in [0.3, 0.4) is 0 Å². The largest absolute Gasteiger partial charge is 0.473 e. The predicted octanol–water partition coefficient (Wildman–Crippen LogP) is 2.95. The van der Waals surface area contributed by atoms with Gasteiger partial charge in [0.2, 0.25) is 0 Å². The molecule has 0 radical (unpaired) electrons. The lowest BCUT2D eigenvalue weighted by atomic mass is 9.99. The van der Waals surface area contributed by atoms with Gasteiger partial charge >= 0.3 is 0 Å². The topological polar surface area (TPSA) is 18.5 Å². The van der Waals surface area contributed by atoms with E-state index in [-0.39, 0.29) is 5.41 Å². The Kier molecular flexibility index (Phi) is 4.98. The number of rotatable bonds is 4. The molecule has 0 fully saturated rings. The van der Waals surface area contributed by atoms with E-state index in [2.05, 4.69) is 20.8 Å². The molecule has 0 N–H and O–H groups in total. The van der Waals surface area contributed by atoms with Crippen molar-refractivity contribution in [1.82, 2.24) is 0 Å². The summed E-state index contributed by atoms with van der Waals surface area (Å²) in [6.45, 7) is 11.3. The van der Waals surface area contributed by atoms with Crippen LogP contribution in [-0.4, -0.2) is 13.4 Å². The Morgan fingerprint density at radius 1 is 1.33 bits per heavy atom. The molecule has 2 nitrogen and oxygen atoms in total. The number of ether oxygens (including phenoxy) is 2. The third kappa shape index (κ3) is 7.61. The molecule has 0 aromatic carbocycles. The van der Waals surface area contributed by atoms with E-state index in [0.29, 0.717) is 6.79 Å². The summed E-state index contributed by atoms with van der Waals surface area (Å²) in [5.41, 5.74) is 0.215. The molecule has 0 amide bonds. The van der Waals surface area contributed by atoms with Crippen molar-refractivity contribution in [2.24, 2.45) is 5.41 Å². The van der Waals surface area contributed by atoms with Gasteiger partial charge in [0.25, 0.3) is 0 Å². The Bertz CT molecular complexity index is 142. The molecule has 0 spiro atoms. The van der Waals surface area contributed by atoms with Crippen molar-refractivity contribution in [2.75, 3.05) is 13.4 Å². The highest BCUT2D eigenvalue weighted by Crippen LogP contribution is 2.12. The molecule has 0 aliphatic rings. The number of hydrogen-bond acceptors (Lipinski definition) is 2. The molecule has 0 saturated heterocycles. The van der Waals surface area contributed by atoms with Crippen molar-refractivity contribution < 1.29 is 9.47 Å². The second-order valence-corrected chi connectivity index (χ2v) is 4.07. The van der Waals surface area contributed by atoms with Crippen LogP contribution in [0.1, 0.15) is 34.6 Å². The van der Waals surface area contributed by atoms with Crippen molar-refractivity contribution in [3.8, 4) is 0 Å². The summed E-state index contributed by atoms with van der Waals surface area (Å²) in [6.07, 6.45) is 1.92. The Morgan fingerprint density at radius 3 is 2.33 bits per heavy atom. The minimum Gasteiger partial charge on any atom is -0.473 e. The minimum absolute atomic E-state index is 0.215. The van der Waals surface area contributed by atoms with Crippen LogP contribution < -0.4 is 0 Å². The van der Waals surface area contributed by atoms with Crippen LogP contribution >= 0.6 is 0 Å². The number of allylic oxidation sites excluding steroid dienone is 2. The van der Waals surface area contributed by atoms with E-state index in [9.17, 15) is 0 Å². The Labute approximate surface area is 75.6 Å². The maximum Gasteiger partial charge on any atom is 0.188 e. The van der Waals surface area contributed by atoms with Crippen LogP contribution in [0, 0.1) is 5.41 Å². The van der Waals surface area contributed by atoms with E-state index in [0.717, 1.165) is 12.4 Å². The lowest BCUT2D eigenvalue weighted by molar-refractivity contribution is -0.0482. The molecule has 0 atom stereocenters. The first-order valence-corrected chi connectivity index (χ1v) is 4.29. The van der Waals surface area contributed by atoms with Gasteiger partial charge in [0.1, 0.15) is 0 Å². The molecule has 0 saturated carbocycles. The molecule has 0 aliphatic heterocycles. The van der Waals surface area contributed by atoms with E-state index in [4.69, 9.17) is 9.47 Å². The first kappa shape index (κ1) is 11.5. The predicted molar refractivity (Wildman–Crippen MR) is 50.8 cm³/mol. The molecule has 2 heteroatoms. The SMILES string of the molecule is C/C=C(/C)OCOCC(C)(C)C. The second-order valence-electron chi connectivity index (χ2n) is 4.07. The van der Waals surface area contributed by atoms with Gasteiger partial charge in [-0.15, -0.1) is 0 Å². The Morgan fingerprint density at radius 2 is 1.92 bits per heavy atom. The Balaban J connectivity index is 3.34. The average molecular weight is 172 g/mol. The highest BCUT2D eigenvalue weighted by Gasteiger charge is 2.09. The van der Waals surface area contributed by atoms with Crippen LogP contribution in [0.5, 0.6) is 0 Å². The zero-order chi connectivity index (χ0) is 9.61. The molecule has 0 aliphatic carbocycles. The fourth-order valence-corrected chi connectivity index (χ4v) is 0.566. The van der Waals surface area contributed by atoms with Gasteiger partial charge < -0.3 is 9.47 Å². The smallest absolute Gasteiger partial charge is 0.188 e. The molecule has 0 aromatic heterocycles. The second kappa shape index (κ2) is 5.20. The van der Waals surface area contributed by atoms with E-state index in [1.807, 2.05) is 19.9 Å². The zero-order valence-corrected chi connectivity index (χ0v) is 8.81. The first-order chi connectivity index (χ1) is 5.45. The summed E-state index contributed by atoms with van der Waals surface area (Å²) in [6, 6.07) is 0. The van der Waals surface area contributed by atoms with Gasteiger partial charge in [0.15, 0.2) is 6.79 Å². The van der Waals surface area contributed by atoms with Crippen LogP contribution in [0.15, 0.2) is 11.8 Å². The summed E-state index contributed by atoms with van der Waals surface area (Å²) in [7, 11) is 0. The van der Waals surface area contributed by atoms with Crippen LogP contribution in [0.25, 0.3) is 0 Å². The molecule has 0 heterocycles. The first-order valence-electron chi connectivity index (χ1n) is 4.29. The highest BCUT2D eigenvalue weighted by atomic mass is 16.7. The van der Waals surface area contributed by atoms with Gasteiger partial charge in [0.05, 0.1) is 12.4 Å². The molecule has 0 rings (SSSR count). The lowest BCUT2D eigenvalue weighted by Crippen LogP contribution is -2.15. The molecule has 0 bridgehead atoms. The lowest BCUT2D eigenvalue weighted by Gasteiger charge is -2.18. The summed E-state index contributed by atoms with van der Waals surface area (Å²) in [5.74, 6) is 0.906. The quantitative estimate of drug-likeness (QED) is 0.369. The van der Waals surface area contributed by atoms with Gasteiger partial charge in [-0.3, -0.25) is 0 Å². The monoisotopic (exact) mass is 172 g/mol. The molecule has 72 valence electrons. The summed E-state index contributed by atoms with van der Waals surface area (Å²) in [5, 5.41) is 0. The average Bonchev–Trinajstić information content (AvgIpc) is 1.96. The van der Waals surface area contributed by atoms with E-state index in [1.165, 1.54) is 0 Å². The van der Waals surface area contributed by atoms with Gasteiger partial charge in [-0.2, -0.15) is 0 Å². The normalized spacial score (nSPS) is 13.2. The summed E-state index contributed by atoms with van der Waals surface area (Å²) >= 11 is 0. The van der Waals surface area contributed by atoms with Gasteiger partial charge in [-0.05, 0) is 25.3 Å².